The van der Waals surface area contributed by atoms with Crippen molar-refractivity contribution in [2.75, 3.05) is 0 Å². The summed E-state index contributed by atoms with van der Waals surface area (Å²) in [7, 11) is 0. The lowest BCUT2D eigenvalue weighted by Crippen LogP contribution is -1.95. The first kappa shape index (κ1) is 15.2. The maximum atomic E-state index is 4.86. The lowest BCUT2D eigenvalue weighted by molar-refractivity contribution is 0.954. The summed E-state index contributed by atoms with van der Waals surface area (Å²) in [5, 5.41) is 7.10. The number of imidazole rings is 1. The number of pyridine rings is 1. The van der Waals surface area contributed by atoms with Gasteiger partial charge in [-0.3, -0.25) is 4.98 Å². The van der Waals surface area contributed by atoms with Gasteiger partial charge in [-0.15, -0.1) is 11.3 Å². The molecule has 0 spiro atoms. The first-order chi connectivity index (χ1) is 12.7. The van der Waals surface area contributed by atoms with Gasteiger partial charge in [0.15, 0.2) is 5.65 Å². The number of aryl methyl sites for hydroxylation is 2. The van der Waals surface area contributed by atoms with E-state index in [9.17, 15) is 0 Å². The van der Waals surface area contributed by atoms with E-state index in [-0.39, 0.29) is 0 Å². The van der Waals surface area contributed by atoms with Crippen LogP contribution in [0.2, 0.25) is 0 Å². The van der Waals surface area contributed by atoms with Gasteiger partial charge in [-0.25, -0.2) is 9.50 Å². The van der Waals surface area contributed by atoms with Gasteiger partial charge in [-0.05, 0) is 37.6 Å². The van der Waals surface area contributed by atoms with Crippen LogP contribution in [0.1, 0.15) is 11.3 Å². The number of fused-ring (bicyclic) bond motifs is 3. The molecule has 0 unspecified atom stereocenters. The van der Waals surface area contributed by atoms with Gasteiger partial charge >= 0.3 is 0 Å². The number of rotatable bonds is 2. The Labute approximate surface area is 154 Å². The molecule has 4 aromatic heterocycles. The molecule has 0 bridgehead atoms. The van der Waals surface area contributed by atoms with Gasteiger partial charge in [-0.2, -0.15) is 5.10 Å². The van der Waals surface area contributed by atoms with Crippen molar-refractivity contribution >= 4 is 27.8 Å². The maximum Gasteiger partial charge on any atom is 0.161 e. The van der Waals surface area contributed by atoms with E-state index < -0.39 is 0 Å². The minimum Gasteiger partial charge on any atom is -0.255 e. The van der Waals surface area contributed by atoms with Crippen molar-refractivity contribution in [1.82, 2.24) is 19.6 Å². The standard InChI is InChI=1S/C21H16N4S/c1-13-7-8-17(22-11-13)18-9-10-19(26-18)20-15-5-3-4-6-16(15)21-23-14(2)12-25(21)24-20/h3-12H,1-2H3. The second-order valence-corrected chi connectivity index (χ2v) is 7.51. The van der Waals surface area contributed by atoms with Gasteiger partial charge in [0.2, 0.25) is 0 Å². The van der Waals surface area contributed by atoms with E-state index in [4.69, 9.17) is 5.10 Å². The molecule has 5 heteroatoms. The molecule has 0 fully saturated rings. The zero-order chi connectivity index (χ0) is 17.7. The molecule has 0 atom stereocenters. The fraction of sp³-hybridized carbons (Fsp3) is 0.0952. The molecule has 0 aliphatic carbocycles. The Balaban J connectivity index is 1.72. The lowest BCUT2D eigenvalue weighted by Gasteiger charge is -2.05. The maximum absolute atomic E-state index is 4.86. The summed E-state index contributed by atoms with van der Waals surface area (Å²) in [5.74, 6) is 0. The summed E-state index contributed by atoms with van der Waals surface area (Å²) >= 11 is 1.72. The molecular weight excluding hydrogens is 340 g/mol. The second kappa shape index (κ2) is 5.75. The molecule has 5 rings (SSSR count). The second-order valence-electron chi connectivity index (χ2n) is 6.43. The number of nitrogens with zero attached hydrogens (tertiary/aromatic N) is 4. The average Bonchev–Trinajstić information content (AvgIpc) is 3.28. The zero-order valence-electron chi connectivity index (χ0n) is 14.5. The van der Waals surface area contributed by atoms with Crippen LogP contribution in [0, 0.1) is 13.8 Å². The Hall–Kier alpha value is -3.05. The first-order valence-corrected chi connectivity index (χ1v) is 9.29. The summed E-state index contributed by atoms with van der Waals surface area (Å²) in [5.41, 5.74) is 5.01. The molecule has 0 N–H and O–H groups in total. The topological polar surface area (TPSA) is 43.1 Å². The van der Waals surface area contributed by atoms with Gasteiger partial charge in [0, 0.05) is 17.0 Å². The molecule has 0 saturated heterocycles. The van der Waals surface area contributed by atoms with E-state index in [1.54, 1.807) is 11.3 Å². The SMILES string of the molecule is Cc1ccc(-c2ccc(-c3nn4cc(C)nc4c4ccccc34)s2)nc1. The number of thiophene rings is 1. The van der Waals surface area contributed by atoms with E-state index in [1.807, 2.05) is 29.9 Å². The molecule has 0 amide bonds. The Morgan fingerprint density at radius 2 is 1.69 bits per heavy atom. The van der Waals surface area contributed by atoms with Gasteiger partial charge in [0.05, 0.1) is 27.3 Å². The fourth-order valence-electron chi connectivity index (χ4n) is 3.19. The summed E-state index contributed by atoms with van der Waals surface area (Å²) in [4.78, 5) is 11.5. The number of benzene rings is 1. The van der Waals surface area contributed by atoms with Crippen LogP contribution < -0.4 is 0 Å². The average molecular weight is 356 g/mol. The summed E-state index contributed by atoms with van der Waals surface area (Å²) < 4.78 is 1.89. The Morgan fingerprint density at radius 3 is 2.50 bits per heavy atom. The van der Waals surface area contributed by atoms with Crippen LogP contribution in [0.3, 0.4) is 0 Å². The summed E-state index contributed by atoms with van der Waals surface area (Å²) in [6.45, 7) is 4.05. The van der Waals surface area contributed by atoms with E-state index in [1.165, 1.54) is 5.56 Å². The monoisotopic (exact) mass is 356 g/mol. The van der Waals surface area contributed by atoms with Crippen LogP contribution in [-0.2, 0) is 0 Å². The van der Waals surface area contributed by atoms with E-state index in [0.29, 0.717) is 0 Å². The van der Waals surface area contributed by atoms with Gasteiger partial charge in [0.25, 0.3) is 0 Å². The van der Waals surface area contributed by atoms with Crippen LogP contribution in [0.5, 0.6) is 0 Å². The highest BCUT2D eigenvalue weighted by molar-refractivity contribution is 7.18. The van der Waals surface area contributed by atoms with Crippen molar-refractivity contribution in [3.05, 3.63) is 72.2 Å². The lowest BCUT2D eigenvalue weighted by atomic mass is 10.1. The molecule has 0 saturated carbocycles. The van der Waals surface area contributed by atoms with Crippen LogP contribution in [0.15, 0.2) is 60.9 Å². The molecule has 126 valence electrons. The van der Waals surface area contributed by atoms with Crippen molar-refractivity contribution in [2.24, 2.45) is 0 Å². The normalized spacial score (nSPS) is 11.5. The van der Waals surface area contributed by atoms with Crippen LogP contribution in [0.25, 0.3) is 37.6 Å². The summed E-state index contributed by atoms with van der Waals surface area (Å²) in [6, 6.07) is 16.7. The molecule has 1 aromatic carbocycles. The quantitative estimate of drug-likeness (QED) is 0.432. The largest absolute Gasteiger partial charge is 0.255 e. The van der Waals surface area contributed by atoms with E-state index >= 15 is 0 Å². The molecular formula is C21H16N4S. The third-order valence-corrected chi connectivity index (χ3v) is 5.56. The highest BCUT2D eigenvalue weighted by Crippen LogP contribution is 2.36. The number of hydrogen-bond donors (Lipinski definition) is 0. The molecule has 5 aromatic rings. The number of aromatic nitrogens is 4. The highest BCUT2D eigenvalue weighted by atomic mass is 32.1. The van der Waals surface area contributed by atoms with Crippen molar-refractivity contribution in [2.45, 2.75) is 13.8 Å². The van der Waals surface area contributed by atoms with Gasteiger partial charge < -0.3 is 0 Å². The smallest absolute Gasteiger partial charge is 0.161 e. The number of hydrogen-bond acceptors (Lipinski definition) is 4. The van der Waals surface area contributed by atoms with E-state index in [0.717, 1.165) is 43.3 Å². The minimum absolute atomic E-state index is 0.902. The third kappa shape index (κ3) is 2.40. The third-order valence-electron chi connectivity index (χ3n) is 4.44. The van der Waals surface area contributed by atoms with E-state index in [2.05, 4.69) is 59.4 Å². The van der Waals surface area contributed by atoms with Crippen molar-refractivity contribution < 1.29 is 0 Å². The van der Waals surface area contributed by atoms with Gasteiger partial charge in [-0.1, -0.05) is 30.3 Å². The van der Waals surface area contributed by atoms with Crippen molar-refractivity contribution in [3.8, 4) is 21.1 Å². The molecule has 0 aliphatic heterocycles. The van der Waals surface area contributed by atoms with Crippen LogP contribution in [-0.4, -0.2) is 19.6 Å². The Bertz CT molecular complexity index is 1250. The Kier molecular flexibility index (Phi) is 3.36. The van der Waals surface area contributed by atoms with Gasteiger partial charge in [0.1, 0.15) is 5.69 Å². The molecule has 0 aliphatic rings. The predicted octanol–water partition coefficient (Wildman–Crippen LogP) is 5.29. The minimum atomic E-state index is 0.902. The zero-order valence-corrected chi connectivity index (χ0v) is 15.3. The van der Waals surface area contributed by atoms with Crippen molar-refractivity contribution in [3.63, 3.8) is 0 Å². The predicted molar refractivity (Wildman–Crippen MR) is 107 cm³/mol. The molecule has 0 radical (unpaired) electrons. The molecule has 4 nitrogen and oxygen atoms in total. The Morgan fingerprint density at radius 1 is 0.885 bits per heavy atom. The molecule has 26 heavy (non-hydrogen) atoms. The van der Waals surface area contributed by atoms with Crippen LogP contribution in [0.4, 0.5) is 0 Å². The summed E-state index contributed by atoms with van der Waals surface area (Å²) in [6.07, 6.45) is 3.88. The van der Waals surface area contributed by atoms with Crippen molar-refractivity contribution in [1.29, 1.82) is 0 Å². The molecule has 4 heterocycles. The fourth-order valence-corrected chi connectivity index (χ4v) is 4.17. The highest BCUT2D eigenvalue weighted by Gasteiger charge is 2.14. The first-order valence-electron chi connectivity index (χ1n) is 8.47. The van der Waals surface area contributed by atoms with Crippen LogP contribution >= 0.6 is 11.3 Å².